The summed E-state index contributed by atoms with van der Waals surface area (Å²) in [5.41, 5.74) is 8.62. The number of benzene rings is 6. The molecule has 4 heterocycles. The van der Waals surface area contributed by atoms with Crippen LogP contribution in [0, 0.1) is 0 Å². The first-order valence-corrected chi connectivity index (χ1v) is 17.4. The van der Waals surface area contributed by atoms with Crippen LogP contribution in [0.1, 0.15) is 0 Å². The minimum Gasteiger partial charge on any atom is -0.308 e. The van der Waals surface area contributed by atoms with Gasteiger partial charge in [0.15, 0.2) is 17.5 Å². The van der Waals surface area contributed by atoms with Gasteiger partial charge in [-0.3, -0.25) is 4.98 Å². The Hall–Kier alpha value is -6.50. The molecule has 0 amide bonds. The molecular formula is C44H27N5S. The standard InChI is InChI=1S/C44H27N5S/c1-3-11-28(12-4-1)29-20-22-30(23-21-29)42-46-43(31-13-10-26-45-27-31)48-44(47-42)37-18-9-17-35-36-25-24-34-33-16-7-8-19-38(33)49(32-14-5-2-6-15-32)39(34)41(36)50-40(35)37/h1-27H. The molecule has 10 aromatic rings. The molecule has 0 N–H and O–H groups in total. The van der Waals surface area contributed by atoms with Crippen molar-refractivity contribution in [1.82, 2.24) is 24.5 Å². The second-order valence-electron chi connectivity index (χ2n) is 12.3. The number of nitrogens with zero attached hydrogens (tertiary/aromatic N) is 5. The summed E-state index contributed by atoms with van der Waals surface area (Å²) in [6.07, 6.45) is 3.57. The lowest BCUT2D eigenvalue weighted by Crippen LogP contribution is -2.00. The summed E-state index contributed by atoms with van der Waals surface area (Å²) in [5, 5.41) is 4.89. The predicted molar refractivity (Wildman–Crippen MR) is 207 cm³/mol. The number of hydrogen-bond donors (Lipinski definition) is 0. The average molecular weight is 658 g/mol. The Morgan fingerprint density at radius 1 is 0.420 bits per heavy atom. The Morgan fingerprint density at radius 2 is 1.04 bits per heavy atom. The zero-order valence-corrected chi connectivity index (χ0v) is 27.5. The maximum Gasteiger partial charge on any atom is 0.165 e. The highest BCUT2D eigenvalue weighted by atomic mass is 32.1. The zero-order valence-electron chi connectivity index (χ0n) is 26.7. The van der Waals surface area contributed by atoms with Crippen LogP contribution in [0.4, 0.5) is 0 Å². The highest BCUT2D eigenvalue weighted by Crippen LogP contribution is 2.45. The Morgan fingerprint density at radius 3 is 1.84 bits per heavy atom. The Bertz CT molecular complexity index is 2840. The van der Waals surface area contributed by atoms with Gasteiger partial charge in [-0.15, -0.1) is 11.3 Å². The molecule has 4 aromatic heterocycles. The fourth-order valence-electron chi connectivity index (χ4n) is 7.02. The third kappa shape index (κ3) is 4.61. The molecule has 0 radical (unpaired) electrons. The van der Waals surface area contributed by atoms with Crippen LogP contribution < -0.4 is 0 Å². The number of rotatable bonds is 5. The van der Waals surface area contributed by atoms with Gasteiger partial charge in [0.25, 0.3) is 0 Å². The lowest BCUT2D eigenvalue weighted by molar-refractivity contribution is 1.07. The third-order valence-corrected chi connectivity index (χ3v) is 10.6. The van der Waals surface area contributed by atoms with Crippen molar-refractivity contribution in [2.45, 2.75) is 0 Å². The van der Waals surface area contributed by atoms with Crippen LogP contribution in [0.5, 0.6) is 0 Å². The molecule has 234 valence electrons. The summed E-state index contributed by atoms with van der Waals surface area (Å²) in [7, 11) is 0. The largest absolute Gasteiger partial charge is 0.308 e. The lowest BCUT2D eigenvalue weighted by Gasteiger charge is -2.09. The van der Waals surface area contributed by atoms with Gasteiger partial charge in [-0.25, -0.2) is 15.0 Å². The van der Waals surface area contributed by atoms with E-state index in [0.29, 0.717) is 17.5 Å². The van der Waals surface area contributed by atoms with Crippen molar-refractivity contribution < 1.29 is 0 Å². The summed E-state index contributed by atoms with van der Waals surface area (Å²) in [6.45, 7) is 0. The van der Waals surface area contributed by atoms with Crippen LogP contribution in [-0.2, 0) is 0 Å². The molecule has 5 nitrogen and oxygen atoms in total. The number of fused-ring (bicyclic) bond motifs is 7. The molecule has 10 rings (SSSR count). The Balaban J connectivity index is 1.21. The van der Waals surface area contributed by atoms with Crippen molar-refractivity contribution in [3.8, 4) is 51.0 Å². The van der Waals surface area contributed by atoms with Gasteiger partial charge in [0.1, 0.15) is 0 Å². The molecule has 0 bridgehead atoms. The topological polar surface area (TPSA) is 56.5 Å². The Labute approximate surface area is 291 Å². The van der Waals surface area contributed by atoms with Crippen LogP contribution in [-0.4, -0.2) is 24.5 Å². The SMILES string of the molecule is c1ccc(-c2ccc(-c3nc(-c4cccnc4)nc(-c4cccc5c4sc4c5ccc5c6ccccc6n(-c6ccccc6)c54)n3)cc2)cc1. The zero-order chi connectivity index (χ0) is 33.0. The van der Waals surface area contributed by atoms with E-state index in [-0.39, 0.29) is 0 Å². The van der Waals surface area contributed by atoms with Crippen molar-refractivity contribution in [3.63, 3.8) is 0 Å². The summed E-state index contributed by atoms with van der Waals surface area (Å²) < 4.78 is 4.79. The average Bonchev–Trinajstić information content (AvgIpc) is 3.75. The second kappa shape index (κ2) is 11.6. The van der Waals surface area contributed by atoms with Crippen molar-refractivity contribution in [2.24, 2.45) is 0 Å². The van der Waals surface area contributed by atoms with Crippen LogP contribution in [0.25, 0.3) is 93.0 Å². The monoisotopic (exact) mass is 657 g/mol. The van der Waals surface area contributed by atoms with E-state index in [4.69, 9.17) is 15.0 Å². The molecule has 0 saturated carbocycles. The summed E-state index contributed by atoms with van der Waals surface area (Å²) in [5.74, 6) is 1.85. The van der Waals surface area contributed by atoms with E-state index in [0.717, 1.165) is 32.6 Å². The molecule has 6 heteroatoms. The molecule has 0 atom stereocenters. The summed E-state index contributed by atoms with van der Waals surface area (Å²) in [6, 6.07) is 53.1. The maximum atomic E-state index is 5.14. The molecule has 0 aliphatic rings. The molecule has 0 saturated heterocycles. The smallest absolute Gasteiger partial charge is 0.165 e. The first kappa shape index (κ1) is 28.5. The molecule has 0 fully saturated rings. The number of thiophene rings is 1. The van der Waals surface area contributed by atoms with Crippen LogP contribution in [0.2, 0.25) is 0 Å². The van der Waals surface area contributed by atoms with Gasteiger partial charge in [-0.2, -0.15) is 0 Å². The minimum atomic E-state index is 0.593. The fraction of sp³-hybridized carbons (Fsp3) is 0. The quantitative estimate of drug-likeness (QED) is 0.185. The number of hydrogen-bond acceptors (Lipinski definition) is 5. The predicted octanol–water partition coefficient (Wildman–Crippen LogP) is 11.4. The molecule has 0 unspecified atom stereocenters. The number of pyridine rings is 1. The van der Waals surface area contributed by atoms with E-state index in [1.165, 1.54) is 42.8 Å². The number of aromatic nitrogens is 5. The fourth-order valence-corrected chi connectivity index (χ4v) is 8.36. The van der Waals surface area contributed by atoms with Gasteiger partial charge in [-0.05, 0) is 47.5 Å². The van der Waals surface area contributed by atoms with Gasteiger partial charge in [-0.1, -0.05) is 115 Å². The molecular weight excluding hydrogens is 631 g/mol. The highest BCUT2D eigenvalue weighted by molar-refractivity contribution is 7.27. The van der Waals surface area contributed by atoms with Crippen LogP contribution in [0.15, 0.2) is 164 Å². The molecule has 50 heavy (non-hydrogen) atoms. The first-order valence-electron chi connectivity index (χ1n) is 16.6. The molecule has 0 aliphatic carbocycles. The highest BCUT2D eigenvalue weighted by Gasteiger charge is 2.21. The summed E-state index contributed by atoms with van der Waals surface area (Å²) >= 11 is 1.81. The van der Waals surface area contributed by atoms with E-state index >= 15 is 0 Å². The van der Waals surface area contributed by atoms with Crippen molar-refractivity contribution in [1.29, 1.82) is 0 Å². The van der Waals surface area contributed by atoms with Gasteiger partial charge in [0, 0.05) is 61.0 Å². The van der Waals surface area contributed by atoms with E-state index < -0.39 is 0 Å². The molecule has 0 aliphatic heterocycles. The lowest BCUT2D eigenvalue weighted by atomic mass is 10.0. The van der Waals surface area contributed by atoms with Crippen LogP contribution >= 0.6 is 11.3 Å². The Kier molecular flexibility index (Phi) is 6.60. The van der Waals surface area contributed by atoms with Gasteiger partial charge < -0.3 is 4.57 Å². The molecule has 0 spiro atoms. The van der Waals surface area contributed by atoms with E-state index in [1.54, 1.807) is 23.7 Å². The molecule has 6 aromatic carbocycles. The van der Waals surface area contributed by atoms with Crippen molar-refractivity contribution in [2.75, 3.05) is 0 Å². The third-order valence-electron chi connectivity index (χ3n) is 9.36. The van der Waals surface area contributed by atoms with Gasteiger partial charge >= 0.3 is 0 Å². The van der Waals surface area contributed by atoms with E-state index in [1.807, 2.05) is 18.2 Å². The van der Waals surface area contributed by atoms with E-state index in [2.05, 4.69) is 143 Å². The minimum absolute atomic E-state index is 0.593. The normalized spacial score (nSPS) is 11.6. The van der Waals surface area contributed by atoms with Gasteiger partial charge in [0.2, 0.25) is 0 Å². The number of para-hydroxylation sites is 2. The van der Waals surface area contributed by atoms with Gasteiger partial charge in [0.05, 0.1) is 15.7 Å². The van der Waals surface area contributed by atoms with E-state index in [9.17, 15) is 0 Å². The second-order valence-corrected chi connectivity index (χ2v) is 13.3. The first-order chi connectivity index (χ1) is 24.8. The summed E-state index contributed by atoms with van der Waals surface area (Å²) in [4.78, 5) is 19.6. The maximum absolute atomic E-state index is 5.14. The van der Waals surface area contributed by atoms with Crippen LogP contribution in [0.3, 0.4) is 0 Å². The van der Waals surface area contributed by atoms with Crippen molar-refractivity contribution >= 4 is 53.3 Å². The van der Waals surface area contributed by atoms with Crippen molar-refractivity contribution in [3.05, 3.63) is 164 Å².